The molecule has 1 saturated heterocycles. The predicted octanol–water partition coefficient (Wildman–Crippen LogP) is 4.92. The lowest BCUT2D eigenvalue weighted by atomic mass is 9.75. The molecule has 0 unspecified atom stereocenters. The van der Waals surface area contributed by atoms with Crippen molar-refractivity contribution in [2.24, 2.45) is 17.3 Å². The van der Waals surface area contributed by atoms with Crippen molar-refractivity contribution in [2.45, 2.75) is 85.5 Å². The second kappa shape index (κ2) is 9.32. The summed E-state index contributed by atoms with van der Waals surface area (Å²) in [5.41, 5.74) is -0.435. The minimum atomic E-state index is -0.435. The summed E-state index contributed by atoms with van der Waals surface area (Å²) in [5.74, 6) is 0.815. The van der Waals surface area contributed by atoms with E-state index in [4.69, 9.17) is 4.74 Å². The van der Waals surface area contributed by atoms with Crippen LogP contribution in [0.1, 0.15) is 85.5 Å². The van der Waals surface area contributed by atoms with Gasteiger partial charge in [0, 0.05) is 17.8 Å². The van der Waals surface area contributed by atoms with Crippen LogP contribution in [0, 0.1) is 17.3 Å². The highest BCUT2D eigenvalue weighted by Gasteiger charge is 2.32. The monoisotopic (exact) mass is 310 g/mol. The first-order chi connectivity index (χ1) is 10.3. The lowest BCUT2D eigenvalue weighted by molar-refractivity contribution is -0.145. The van der Waals surface area contributed by atoms with Gasteiger partial charge in [-0.15, -0.1) is 0 Å². The van der Waals surface area contributed by atoms with E-state index < -0.39 is 5.41 Å². The van der Waals surface area contributed by atoms with Gasteiger partial charge in [-0.05, 0) is 25.2 Å². The van der Waals surface area contributed by atoms with E-state index in [0.717, 1.165) is 19.3 Å². The average Bonchev–Trinajstić information content (AvgIpc) is 2.46. The van der Waals surface area contributed by atoms with E-state index in [1.54, 1.807) is 0 Å². The van der Waals surface area contributed by atoms with Crippen LogP contribution in [0.4, 0.5) is 0 Å². The first kappa shape index (κ1) is 19.2. The zero-order chi connectivity index (χ0) is 16.6. The minimum Gasteiger partial charge on any atom is -0.466 e. The molecule has 0 amide bonds. The third kappa shape index (κ3) is 6.93. The van der Waals surface area contributed by atoms with Gasteiger partial charge in [0.2, 0.25) is 0 Å². The normalized spacial score (nSPS) is 29.8. The molecule has 0 spiro atoms. The summed E-state index contributed by atoms with van der Waals surface area (Å²) in [6, 6.07) is 0. The van der Waals surface area contributed by atoms with Gasteiger partial charge in [-0.25, -0.2) is 0 Å². The fourth-order valence-corrected chi connectivity index (χ4v) is 3.42. The Morgan fingerprint density at radius 2 is 1.64 bits per heavy atom. The molecule has 0 bridgehead atoms. The van der Waals surface area contributed by atoms with Crippen LogP contribution in [0.15, 0.2) is 0 Å². The van der Waals surface area contributed by atoms with Gasteiger partial charge in [0.05, 0.1) is 6.61 Å². The standard InChI is InChI=1S/C19H34O3/c1-15-10-8-6-5-7-9-13-22-17(20)11-12-19(3,4)18(21)16(2)14-15/h15-16H,5-14H2,1-4H3/t15-,16+/m0/s1. The number of rotatable bonds is 0. The van der Waals surface area contributed by atoms with Crippen molar-refractivity contribution < 1.29 is 14.3 Å². The number of hydrogen-bond donors (Lipinski definition) is 0. The van der Waals surface area contributed by atoms with Crippen molar-refractivity contribution >= 4 is 11.8 Å². The SMILES string of the molecule is C[C@H]1CCCCCCCOC(=O)CCC(C)(C)C(=O)[C@H](C)C1. The smallest absolute Gasteiger partial charge is 0.305 e. The molecule has 1 heterocycles. The molecule has 1 aliphatic rings. The van der Waals surface area contributed by atoms with Gasteiger partial charge in [-0.3, -0.25) is 9.59 Å². The van der Waals surface area contributed by atoms with Gasteiger partial charge in [0.25, 0.3) is 0 Å². The van der Waals surface area contributed by atoms with Crippen LogP contribution in [-0.2, 0) is 14.3 Å². The fraction of sp³-hybridized carbons (Fsp3) is 0.895. The predicted molar refractivity (Wildman–Crippen MR) is 89.6 cm³/mol. The number of ether oxygens (including phenoxy) is 1. The highest BCUT2D eigenvalue weighted by Crippen LogP contribution is 2.31. The summed E-state index contributed by atoms with van der Waals surface area (Å²) in [7, 11) is 0. The number of hydrogen-bond acceptors (Lipinski definition) is 3. The van der Waals surface area contributed by atoms with Crippen molar-refractivity contribution in [2.75, 3.05) is 6.61 Å². The fourth-order valence-electron chi connectivity index (χ4n) is 3.42. The molecule has 0 aromatic rings. The van der Waals surface area contributed by atoms with Gasteiger partial charge in [-0.1, -0.05) is 59.8 Å². The lowest BCUT2D eigenvalue weighted by Crippen LogP contribution is -2.31. The Morgan fingerprint density at radius 1 is 1.00 bits per heavy atom. The van der Waals surface area contributed by atoms with Crippen molar-refractivity contribution in [3.63, 3.8) is 0 Å². The molecule has 2 atom stereocenters. The second-order valence-corrected chi connectivity index (χ2v) is 7.77. The summed E-state index contributed by atoms with van der Waals surface area (Å²) in [4.78, 5) is 24.4. The van der Waals surface area contributed by atoms with Crippen molar-refractivity contribution in [3.05, 3.63) is 0 Å². The third-order valence-electron chi connectivity index (χ3n) is 4.93. The second-order valence-electron chi connectivity index (χ2n) is 7.77. The molecule has 22 heavy (non-hydrogen) atoms. The summed E-state index contributed by atoms with van der Waals surface area (Å²) in [6.07, 6.45) is 8.91. The first-order valence-electron chi connectivity index (χ1n) is 9.03. The highest BCUT2D eigenvalue weighted by atomic mass is 16.5. The molecule has 128 valence electrons. The summed E-state index contributed by atoms with van der Waals surface area (Å²) in [5, 5.41) is 0. The van der Waals surface area contributed by atoms with Crippen LogP contribution >= 0.6 is 0 Å². The Labute approximate surface area is 136 Å². The van der Waals surface area contributed by atoms with Crippen LogP contribution in [-0.4, -0.2) is 18.4 Å². The third-order valence-corrected chi connectivity index (χ3v) is 4.93. The molecule has 3 heteroatoms. The van der Waals surface area contributed by atoms with Gasteiger partial charge < -0.3 is 4.74 Å². The number of carbonyl (C=O) groups excluding carboxylic acids is 2. The molecule has 1 rings (SSSR count). The molecule has 1 fully saturated rings. The molecule has 0 radical (unpaired) electrons. The Morgan fingerprint density at radius 3 is 2.36 bits per heavy atom. The topological polar surface area (TPSA) is 43.4 Å². The maximum atomic E-state index is 12.7. The number of Topliss-reactive ketones (excluding diaryl/α,β-unsaturated/α-hetero) is 1. The molecule has 3 nitrogen and oxygen atoms in total. The van der Waals surface area contributed by atoms with E-state index in [2.05, 4.69) is 6.92 Å². The number of esters is 1. The van der Waals surface area contributed by atoms with Crippen LogP contribution < -0.4 is 0 Å². The van der Waals surface area contributed by atoms with Gasteiger partial charge >= 0.3 is 5.97 Å². The van der Waals surface area contributed by atoms with E-state index in [1.165, 1.54) is 25.7 Å². The Balaban J connectivity index is 2.64. The molecule has 0 aliphatic carbocycles. The quantitative estimate of drug-likeness (QED) is 0.596. The maximum absolute atomic E-state index is 12.7. The van der Waals surface area contributed by atoms with Crippen molar-refractivity contribution in [1.82, 2.24) is 0 Å². The van der Waals surface area contributed by atoms with E-state index in [9.17, 15) is 9.59 Å². The summed E-state index contributed by atoms with van der Waals surface area (Å²) in [6.45, 7) is 8.76. The minimum absolute atomic E-state index is 0.0777. The molecule has 1 aliphatic heterocycles. The Kier molecular flexibility index (Phi) is 8.13. The van der Waals surface area contributed by atoms with Gasteiger partial charge in [0.15, 0.2) is 0 Å². The van der Waals surface area contributed by atoms with Crippen LogP contribution in [0.25, 0.3) is 0 Å². The molecule has 0 aromatic carbocycles. The first-order valence-corrected chi connectivity index (χ1v) is 9.03. The molecule has 0 aromatic heterocycles. The molecular weight excluding hydrogens is 276 g/mol. The number of cyclic esters (lactones) is 1. The number of carbonyl (C=O) groups is 2. The Hall–Kier alpha value is -0.860. The van der Waals surface area contributed by atoms with E-state index in [0.29, 0.717) is 31.1 Å². The van der Waals surface area contributed by atoms with Crippen molar-refractivity contribution in [3.8, 4) is 0 Å². The van der Waals surface area contributed by atoms with E-state index >= 15 is 0 Å². The number of ketones is 1. The van der Waals surface area contributed by atoms with E-state index in [-0.39, 0.29) is 11.9 Å². The molecule has 0 N–H and O–H groups in total. The lowest BCUT2D eigenvalue weighted by Gasteiger charge is -2.28. The van der Waals surface area contributed by atoms with Gasteiger partial charge in [-0.2, -0.15) is 0 Å². The van der Waals surface area contributed by atoms with E-state index in [1.807, 2.05) is 20.8 Å². The maximum Gasteiger partial charge on any atom is 0.305 e. The molecule has 0 saturated carbocycles. The summed E-state index contributed by atoms with van der Waals surface area (Å²) >= 11 is 0. The molecular formula is C19H34O3. The van der Waals surface area contributed by atoms with Crippen LogP contribution in [0.3, 0.4) is 0 Å². The van der Waals surface area contributed by atoms with Crippen LogP contribution in [0.2, 0.25) is 0 Å². The Bertz CT molecular complexity index is 360. The average molecular weight is 310 g/mol. The zero-order valence-corrected chi connectivity index (χ0v) is 15.0. The van der Waals surface area contributed by atoms with Crippen LogP contribution in [0.5, 0.6) is 0 Å². The largest absolute Gasteiger partial charge is 0.466 e. The summed E-state index contributed by atoms with van der Waals surface area (Å²) < 4.78 is 5.26. The van der Waals surface area contributed by atoms with Crippen molar-refractivity contribution in [1.29, 1.82) is 0 Å². The zero-order valence-electron chi connectivity index (χ0n) is 15.0. The highest BCUT2D eigenvalue weighted by molar-refractivity contribution is 5.86. The van der Waals surface area contributed by atoms with Gasteiger partial charge in [0.1, 0.15) is 5.78 Å².